The lowest BCUT2D eigenvalue weighted by atomic mass is 9.68. The molecule has 1 aliphatic heterocycles. The lowest BCUT2D eigenvalue weighted by molar-refractivity contribution is 0.0456. The number of sulfonamides is 1. The SMILES string of the molecule is C=CC[C@H](C)[C@@H](C)S(=O)(=O)NC(=O)c1ccc2c(c1)N(C[C@@H]1CC[C@H]1[C@H](O)/C=C/CCC)C[C@@]1(CCCc3cc(Cl)ccc31)CO2. The van der Waals surface area contributed by atoms with Gasteiger partial charge in [-0.15, -0.1) is 6.58 Å². The number of rotatable bonds is 12. The van der Waals surface area contributed by atoms with Gasteiger partial charge < -0.3 is 14.7 Å². The molecule has 6 atom stereocenters. The second-order valence-corrected chi connectivity index (χ2v) is 16.2. The van der Waals surface area contributed by atoms with Crippen molar-refractivity contribution in [2.45, 2.75) is 88.9 Å². The first kappa shape index (κ1) is 34.5. The highest BCUT2D eigenvalue weighted by molar-refractivity contribution is 7.90. The molecule has 2 aromatic carbocycles. The second-order valence-electron chi connectivity index (χ2n) is 13.7. The van der Waals surface area contributed by atoms with Crippen molar-refractivity contribution in [1.29, 1.82) is 0 Å². The van der Waals surface area contributed by atoms with Gasteiger partial charge in [-0.25, -0.2) is 13.1 Å². The van der Waals surface area contributed by atoms with Crippen LogP contribution in [0.2, 0.25) is 5.02 Å². The van der Waals surface area contributed by atoms with Crippen molar-refractivity contribution >= 4 is 33.2 Å². The molecule has 1 saturated carbocycles. The van der Waals surface area contributed by atoms with Gasteiger partial charge in [0.2, 0.25) is 10.0 Å². The molecule has 0 radical (unpaired) electrons. The van der Waals surface area contributed by atoms with Gasteiger partial charge in [-0.3, -0.25) is 4.79 Å². The molecule has 0 saturated heterocycles. The van der Waals surface area contributed by atoms with E-state index in [0.29, 0.717) is 31.9 Å². The Hall–Kier alpha value is -2.81. The number of allylic oxidation sites excluding steroid dienone is 2. The van der Waals surface area contributed by atoms with Crippen molar-refractivity contribution < 1.29 is 23.1 Å². The van der Waals surface area contributed by atoms with Gasteiger partial charge in [0.15, 0.2) is 0 Å². The maximum absolute atomic E-state index is 13.4. The van der Waals surface area contributed by atoms with E-state index < -0.39 is 27.3 Å². The van der Waals surface area contributed by atoms with Crippen LogP contribution in [0.15, 0.2) is 61.2 Å². The van der Waals surface area contributed by atoms with E-state index in [4.69, 9.17) is 16.3 Å². The summed E-state index contributed by atoms with van der Waals surface area (Å²) in [6, 6.07) is 11.4. The Morgan fingerprint density at radius 3 is 2.76 bits per heavy atom. The maximum atomic E-state index is 13.4. The van der Waals surface area contributed by atoms with Crippen LogP contribution in [0.1, 0.15) is 87.2 Å². The minimum atomic E-state index is -3.91. The average Bonchev–Trinajstić information content (AvgIpc) is 3.15. The molecule has 0 unspecified atom stereocenters. The Morgan fingerprint density at radius 1 is 1.24 bits per heavy atom. The molecule has 46 heavy (non-hydrogen) atoms. The standard InChI is InChI=1S/C37H49ClN2O5S/c1-5-7-8-12-34(41)31-16-13-29(31)22-40-23-37(19-9-11-27-20-30(38)15-17-32(27)37)24-45-35-18-14-28(21-33(35)40)36(42)39-46(43,44)26(4)25(3)10-6-2/h6,8,12,14-15,17-18,20-21,25-26,29,31,34,41H,2,5,7,9-11,13,16,19,22-24H2,1,3-4H3,(H,39,42)/b12-8+/t25-,26+,29-,31+,34+,37-/m0/s1. The average molecular weight is 669 g/mol. The van der Waals surface area contributed by atoms with Crippen LogP contribution in [0, 0.1) is 17.8 Å². The monoisotopic (exact) mass is 668 g/mol. The van der Waals surface area contributed by atoms with Crippen molar-refractivity contribution in [3.63, 3.8) is 0 Å². The van der Waals surface area contributed by atoms with E-state index in [0.717, 1.165) is 55.7 Å². The van der Waals surface area contributed by atoms with Crippen molar-refractivity contribution in [1.82, 2.24) is 4.72 Å². The number of halogens is 1. The summed E-state index contributed by atoms with van der Waals surface area (Å²) in [5.74, 6) is 0.248. The van der Waals surface area contributed by atoms with Crippen LogP contribution in [-0.2, 0) is 21.9 Å². The molecule has 7 nitrogen and oxygen atoms in total. The first-order valence-corrected chi connectivity index (χ1v) is 18.7. The molecule has 9 heteroatoms. The fourth-order valence-electron chi connectivity index (χ4n) is 7.40. The minimum absolute atomic E-state index is 0.157. The van der Waals surface area contributed by atoms with E-state index in [1.807, 2.05) is 19.1 Å². The molecular weight excluding hydrogens is 620 g/mol. The van der Waals surface area contributed by atoms with Crippen molar-refractivity contribution in [3.05, 3.63) is 82.9 Å². The number of hydrogen-bond acceptors (Lipinski definition) is 6. The zero-order valence-electron chi connectivity index (χ0n) is 27.4. The summed E-state index contributed by atoms with van der Waals surface area (Å²) in [5, 5.41) is 11.0. The molecule has 0 aromatic heterocycles. The summed E-state index contributed by atoms with van der Waals surface area (Å²) in [5.41, 5.74) is 3.26. The second kappa shape index (κ2) is 14.5. The number of aliphatic hydroxyl groups excluding tert-OH is 1. The van der Waals surface area contributed by atoms with Crippen LogP contribution < -0.4 is 14.4 Å². The van der Waals surface area contributed by atoms with Gasteiger partial charge in [-0.1, -0.05) is 56.2 Å². The molecule has 1 heterocycles. The number of nitrogens with zero attached hydrogens (tertiary/aromatic N) is 1. The van der Waals surface area contributed by atoms with Gasteiger partial charge in [0.1, 0.15) is 5.75 Å². The number of nitrogens with one attached hydrogen (secondary N) is 1. The highest BCUT2D eigenvalue weighted by Gasteiger charge is 2.44. The third-order valence-corrected chi connectivity index (χ3v) is 12.7. The number of aryl methyl sites for hydroxylation is 1. The van der Waals surface area contributed by atoms with Gasteiger partial charge in [-0.05, 0) is 111 Å². The normalized spacial score (nSPS) is 24.6. The summed E-state index contributed by atoms with van der Waals surface area (Å²) >= 11 is 6.41. The smallest absolute Gasteiger partial charge is 0.264 e. The van der Waals surface area contributed by atoms with Crippen LogP contribution >= 0.6 is 11.6 Å². The number of carbonyl (C=O) groups excluding carboxylic acids is 1. The highest BCUT2D eigenvalue weighted by Crippen LogP contribution is 2.46. The predicted molar refractivity (Wildman–Crippen MR) is 186 cm³/mol. The van der Waals surface area contributed by atoms with Crippen LogP contribution in [0.3, 0.4) is 0 Å². The van der Waals surface area contributed by atoms with E-state index >= 15 is 0 Å². The van der Waals surface area contributed by atoms with E-state index in [1.165, 1.54) is 11.1 Å². The van der Waals surface area contributed by atoms with Gasteiger partial charge >= 0.3 is 0 Å². The van der Waals surface area contributed by atoms with Crippen LogP contribution in [0.5, 0.6) is 5.75 Å². The molecule has 2 N–H and O–H groups in total. The zero-order chi connectivity index (χ0) is 33.1. The number of amides is 1. The third kappa shape index (κ3) is 7.34. The summed E-state index contributed by atoms with van der Waals surface area (Å²) in [4.78, 5) is 15.8. The van der Waals surface area contributed by atoms with Gasteiger partial charge in [-0.2, -0.15) is 0 Å². The molecule has 1 fully saturated rings. The Balaban J connectivity index is 1.47. The Bertz CT molecular complexity index is 1560. The predicted octanol–water partition coefficient (Wildman–Crippen LogP) is 7.22. The number of anilines is 1. The van der Waals surface area contributed by atoms with E-state index in [9.17, 15) is 18.3 Å². The molecule has 5 rings (SSSR count). The summed E-state index contributed by atoms with van der Waals surface area (Å²) < 4.78 is 35.1. The number of aliphatic hydroxyl groups is 1. The highest BCUT2D eigenvalue weighted by atomic mass is 35.5. The first-order valence-electron chi connectivity index (χ1n) is 16.8. The number of hydrogen-bond donors (Lipinski definition) is 2. The lowest BCUT2D eigenvalue weighted by Crippen LogP contribution is -2.49. The fourth-order valence-corrected chi connectivity index (χ4v) is 8.88. The van der Waals surface area contributed by atoms with E-state index in [1.54, 1.807) is 31.2 Å². The zero-order valence-corrected chi connectivity index (χ0v) is 29.0. The maximum Gasteiger partial charge on any atom is 0.264 e. The molecule has 0 bridgehead atoms. The number of ether oxygens (including phenoxy) is 1. The number of unbranched alkanes of at least 4 members (excludes halogenated alkanes) is 1. The molecular formula is C37H49ClN2O5S. The largest absolute Gasteiger partial charge is 0.490 e. The van der Waals surface area contributed by atoms with E-state index in [-0.39, 0.29) is 28.7 Å². The lowest BCUT2D eigenvalue weighted by Gasteiger charge is -2.45. The minimum Gasteiger partial charge on any atom is -0.490 e. The number of carbonyl (C=O) groups is 1. The molecule has 2 aliphatic carbocycles. The summed E-state index contributed by atoms with van der Waals surface area (Å²) in [6.07, 6.45) is 12.7. The van der Waals surface area contributed by atoms with Crippen LogP contribution in [0.25, 0.3) is 0 Å². The number of benzene rings is 2. The topological polar surface area (TPSA) is 95.9 Å². The van der Waals surface area contributed by atoms with Crippen molar-refractivity contribution in [2.75, 3.05) is 24.6 Å². The van der Waals surface area contributed by atoms with Gasteiger partial charge in [0.05, 0.1) is 23.6 Å². The van der Waals surface area contributed by atoms with E-state index in [2.05, 4.69) is 41.3 Å². The Morgan fingerprint density at radius 2 is 2.04 bits per heavy atom. The van der Waals surface area contributed by atoms with Gasteiger partial charge in [0.25, 0.3) is 5.91 Å². The van der Waals surface area contributed by atoms with Crippen LogP contribution in [-0.4, -0.2) is 50.5 Å². The molecule has 1 amide bonds. The molecule has 250 valence electrons. The summed E-state index contributed by atoms with van der Waals surface area (Å²) in [6.45, 7) is 11.2. The third-order valence-electron chi connectivity index (χ3n) is 10.5. The Kier molecular flexibility index (Phi) is 10.9. The van der Waals surface area contributed by atoms with Crippen molar-refractivity contribution in [3.8, 4) is 5.75 Å². The Labute approximate surface area is 280 Å². The summed E-state index contributed by atoms with van der Waals surface area (Å²) in [7, 11) is -3.91. The number of fused-ring (bicyclic) bond motifs is 3. The fraction of sp³-hybridized carbons (Fsp3) is 0.541. The molecule has 1 spiro atoms. The van der Waals surface area contributed by atoms with Crippen LogP contribution in [0.4, 0.5) is 5.69 Å². The van der Waals surface area contributed by atoms with Gasteiger partial charge in [0, 0.05) is 29.1 Å². The molecule has 2 aromatic rings. The first-order chi connectivity index (χ1) is 22.0. The quantitative estimate of drug-likeness (QED) is 0.232. The molecule has 3 aliphatic rings. The van der Waals surface area contributed by atoms with Crippen molar-refractivity contribution in [2.24, 2.45) is 17.8 Å².